The third kappa shape index (κ3) is 4.06. The molecule has 0 aliphatic heterocycles. The second kappa shape index (κ2) is 6.83. The molecule has 0 fully saturated rings. The topological polar surface area (TPSA) is 122 Å². The van der Waals surface area contributed by atoms with E-state index >= 15 is 0 Å². The first-order valence-corrected chi connectivity index (χ1v) is 6.52. The molecule has 1 aromatic rings. The molecule has 0 aromatic heterocycles. The van der Waals surface area contributed by atoms with E-state index in [1.807, 2.05) is 0 Å². The summed E-state index contributed by atoms with van der Waals surface area (Å²) in [5.74, 6) is -2.65. The maximum absolute atomic E-state index is 12.8. The van der Waals surface area contributed by atoms with Crippen LogP contribution in [0.3, 0.4) is 0 Å². The molecule has 0 saturated heterocycles. The van der Waals surface area contributed by atoms with Crippen LogP contribution in [0.2, 0.25) is 0 Å². The van der Waals surface area contributed by atoms with E-state index in [1.165, 1.54) is 21.2 Å². The smallest absolute Gasteiger partial charge is 0.421 e. The minimum Gasteiger partial charge on any atom is -0.769 e. The summed E-state index contributed by atoms with van der Waals surface area (Å²) in [6.07, 6.45) is -12.2. The van der Waals surface area contributed by atoms with Gasteiger partial charge in [-0.2, -0.15) is 26.3 Å². The molecule has 1 aromatic carbocycles. The summed E-state index contributed by atoms with van der Waals surface area (Å²) >= 11 is 1.34. The number of alkyl halides is 7. The summed E-state index contributed by atoms with van der Waals surface area (Å²) in [6.45, 7) is 0. The molecule has 8 nitrogen and oxygen atoms in total. The highest BCUT2D eigenvalue weighted by atomic mass is 79.9. The third-order valence-electron chi connectivity index (χ3n) is 2.75. The summed E-state index contributed by atoms with van der Waals surface area (Å²) in [5, 5.41) is 38.3. The quantitative estimate of drug-likeness (QED) is 0.372. The molecule has 3 N–H and O–H groups in total. The van der Waals surface area contributed by atoms with E-state index in [4.69, 9.17) is 10.4 Å². The minimum atomic E-state index is -6.10. The van der Waals surface area contributed by atoms with Gasteiger partial charge in [-0.05, 0) is 18.2 Å². The summed E-state index contributed by atoms with van der Waals surface area (Å²) in [4.78, 5) is 11.6. The SMILES string of the molecule is O=C(Nc1ccc(N([O-])[O-])cc1N(O)O)C(Br)(C(F)(F)F)C(F)(F)F. The lowest BCUT2D eigenvalue weighted by atomic mass is 10.1. The highest BCUT2D eigenvalue weighted by Crippen LogP contribution is 2.50. The molecule has 0 spiro atoms. The first-order valence-electron chi connectivity index (χ1n) is 5.73. The molecule has 0 radical (unpaired) electrons. The Kier molecular flexibility index (Phi) is 5.80. The molecule has 25 heavy (non-hydrogen) atoms. The molecule has 0 saturated carbocycles. The standard InChI is InChI=1S/C10H6BrF6N3O5/c11-8(9(12,13)14,10(15,16)17)7(21)18-5-2-1-4(19(22)23)3-6(5)20(24)25/h1-3,24-25H,(H,18,21)/q-2. The lowest BCUT2D eigenvalue weighted by Crippen LogP contribution is -2.59. The van der Waals surface area contributed by atoms with Crippen LogP contribution in [0.15, 0.2) is 18.2 Å². The number of carbonyl (C=O) groups excluding carboxylic acids is 1. The van der Waals surface area contributed by atoms with Crippen molar-refractivity contribution >= 4 is 38.9 Å². The van der Waals surface area contributed by atoms with Gasteiger partial charge in [0.1, 0.15) is 5.69 Å². The maximum Gasteiger partial charge on any atom is 0.421 e. The molecule has 0 aliphatic rings. The molecule has 142 valence electrons. The summed E-state index contributed by atoms with van der Waals surface area (Å²) in [7, 11) is 0. The fourth-order valence-electron chi connectivity index (χ4n) is 1.53. The Labute approximate surface area is 142 Å². The number of carbonyl (C=O) groups is 1. The fourth-order valence-corrected chi connectivity index (χ4v) is 1.63. The second-order valence-corrected chi connectivity index (χ2v) is 5.55. The monoisotopic (exact) mass is 441 g/mol. The predicted molar refractivity (Wildman–Crippen MR) is 74.1 cm³/mol. The molecular weight excluding hydrogens is 436 g/mol. The zero-order chi connectivity index (χ0) is 19.8. The average Bonchev–Trinajstić information content (AvgIpc) is 2.43. The van der Waals surface area contributed by atoms with Gasteiger partial charge in [-0.3, -0.25) is 15.2 Å². The van der Waals surface area contributed by atoms with Gasteiger partial charge in [0.25, 0.3) is 10.2 Å². The van der Waals surface area contributed by atoms with E-state index in [2.05, 4.69) is 0 Å². The molecule has 0 bridgehead atoms. The van der Waals surface area contributed by atoms with Crippen LogP contribution in [0.5, 0.6) is 0 Å². The van der Waals surface area contributed by atoms with Crippen LogP contribution in [0.4, 0.5) is 43.4 Å². The van der Waals surface area contributed by atoms with Crippen molar-refractivity contribution in [3.63, 3.8) is 0 Å². The Balaban J connectivity index is 3.35. The van der Waals surface area contributed by atoms with E-state index in [-0.39, 0.29) is 0 Å². The predicted octanol–water partition coefficient (Wildman–Crippen LogP) is 3.27. The molecule has 1 amide bonds. The number of benzene rings is 1. The molecule has 15 heteroatoms. The van der Waals surface area contributed by atoms with Gasteiger partial charge in [0, 0.05) is 5.69 Å². The van der Waals surface area contributed by atoms with Crippen LogP contribution in [0.25, 0.3) is 0 Å². The van der Waals surface area contributed by atoms with Crippen molar-refractivity contribution in [1.82, 2.24) is 0 Å². The van der Waals surface area contributed by atoms with Gasteiger partial charge < -0.3 is 21.0 Å². The summed E-state index contributed by atoms with van der Waals surface area (Å²) in [6, 6.07) is 1.53. The van der Waals surface area contributed by atoms with E-state index in [1.54, 1.807) is 0 Å². The van der Waals surface area contributed by atoms with Gasteiger partial charge >= 0.3 is 12.4 Å². The van der Waals surface area contributed by atoms with Crippen molar-refractivity contribution < 1.29 is 41.6 Å². The molecule has 0 atom stereocenters. The van der Waals surface area contributed by atoms with Crippen molar-refractivity contribution in [2.24, 2.45) is 0 Å². The summed E-state index contributed by atoms with van der Waals surface area (Å²) < 4.78 is 71.5. The van der Waals surface area contributed by atoms with Crippen LogP contribution in [-0.4, -0.2) is 33.0 Å². The number of anilines is 3. The summed E-state index contributed by atoms with van der Waals surface area (Å²) in [5.41, 5.74) is -2.78. The number of nitrogens with one attached hydrogen (secondary N) is 1. The Bertz CT molecular complexity index is 637. The van der Waals surface area contributed by atoms with Gasteiger partial charge in [-0.25, -0.2) is 0 Å². The Morgan fingerprint density at radius 1 is 1.08 bits per heavy atom. The van der Waals surface area contributed by atoms with E-state index in [0.717, 1.165) is 0 Å². The number of halogens is 7. The molecule has 0 aliphatic carbocycles. The Morgan fingerprint density at radius 2 is 1.56 bits per heavy atom. The van der Waals surface area contributed by atoms with Crippen LogP contribution in [-0.2, 0) is 4.79 Å². The van der Waals surface area contributed by atoms with Gasteiger partial charge in [0.15, 0.2) is 0 Å². The van der Waals surface area contributed by atoms with Crippen LogP contribution >= 0.6 is 15.9 Å². The lowest BCUT2D eigenvalue weighted by molar-refractivity contribution is -0.253. The van der Waals surface area contributed by atoms with Crippen molar-refractivity contribution in [3.8, 4) is 0 Å². The normalized spacial score (nSPS) is 12.8. The number of rotatable bonds is 4. The molecular formula is C10H6BrF6N3O5-2. The van der Waals surface area contributed by atoms with Crippen LogP contribution < -0.4 is 15.8 Å². The highest BCUT2D eigenvalue weighted by molar-refractivity contribution is 9.10. The Hall–Kier alpha value is -1.81. The van der Waals surface area contributed by atoms with E-state index in [0.29, 0.717) is 18.2 Å². The Morgan fingerprint density at radius 3 is 1.92 bits per heavy atom. The molecule has 1 rings (SSSR count). The fraction of sp³-hybridized carbons (Fsp3) is 0.300. The van der Waals surface area contributed by atoms with Crippen molar-refractivity contribution in [2.45, 2.75) is 16.7 Å². The first-order chi connectivity index (χ1) is 11.1. The van der Waals surface area contributed by atoms with Crippen molar-refractivity contribution in [1.29, 1.82) is 0 Å². The van der Waals surface area contributed by atoms with Crippen LogP contribution in [0.1, 0.15) is 0 Å². The highest BCUT2D eigenvalue weighted by Gasteiger charge is 2.74. The largest absolute Gasteiger partial charge is 0.769 e. The van der Waals surface area contributed by atoms with Gasteiger partial charge in [-0.15, -0.1) is 5.23 Å². The number of hydrogen-bond donors (Lipinski definition) is 3. The zero-order valence-corrected chi connectivity index (χ0v) is 13.0. The van der Waals surface area contributed by atoms with Crippen molar-refractivity contribution in [3.05, 3.63) is 28.6 Å². The minimum absolute atomic E-state index is 0.396. The van der Waals surface area contributed by atoms with Crippen molar-refractivity contribution in [2.75, 3.05) is 15.8 Å². The maximum atomic E-state index is 12.8. The third-order valence-corrected chi connectivity index (χ3v) is 4.01. The lowest BCUT2D eigenvalue weighted by Gasteiger charge is -2.38. The van der Waals surface area contributed by atoms with Gasteiger partial charge in [0.2, 0.25) is 0 Å². The zero-order valence-electron chi connectivity index (χ0n) is 11.4. The first kappa shape index (κ1) is 21.2. The average molecular weight is 442 g/mol. The number of nitrogens with zero attached hydrogens (tertiary/aromatic N) is 2. The molecule has 0 unspecified atom stereocenters. The van der Waals surface area contributed by atoms with Gasteiger partial charge in [-0.1, -0.05) is 15.9 Å². The molecule has 0 heterocycles. The van der Waals surface area contributed by atoms with E-state index in [9.17, 15) is 41.6 Å². The number of hydrogen-bond acceptors (Lipinski definition) is 7. The van der Waals surface area contributed by atoms with E-state index < -0.39 is 50.1 Å². The van der Waals surface area contributed by atoms with Crippen LogP contribution in [0, 0.1) is 10.4 Å². The van der Waals surface area contributed by atoms with Gasteiger partial charge in [0.05, 0.1) is 5.69 Å². The number of amides is 1. The second-order valence-electron chi connectivity index (χ2n) is 4.36.